The first-order valence-corrected chi connectivity index (χ1v) is 7.44. The van der Waals surface area contributed by atoms with Crippen molar-refractivity contribution < 1.29 is 4.79 Å². The van der Waals surface area contributed by atoms with E-state index in [2.05, 4.69) is 13.5 Å². The van der Waals surface area contributed by atoms with Crippen molar-refractivity contribution in [1.82, 2.24) is 0 Å². The van der Waals surface area contributed by atoms with Gasteiger partial charge in [-0.1, -0.05) is 71.3 Å². The monoisotopic (exact) mass is 258 g/mol. The topological polar surface area (TPSA) is 17.1 Å². The first-order valence-electron chi connectivity index (χ1n) is 7.06. The number of rotatable bonds is 12. The minimum absolute atomic E-state index is 0.374. The summed E-state index contributed by atoms with van der Waals surface area (Å²) < 4.78 is 0. The molecule has 0 saturated heterocycles. The second-order valence-corrected chi connectivity index (χ2v) is 5.15. The molecule has 0 fully saturated rings. The SMILES string of the molecule is C=C(CCCCCCCCCCCC)C(=O)Cl. The second kappa shape index (κ2) is 12.2. The molecular formula is C15H27ClO. The molecule has 0 saturated carbocycles. The van der Waals surface area contributed by atoms with Gasteiger partial charge in [0.2, 0.25) is 5.24 Å². The zero-order valence-corrected chi connectivity index (χ0v) is 12.0. The maximum Gasteiger partial charge on any atom is 0.247 e. The van der Waals surface area contributed by atoms with Crippen molar-refractivity contribution in [1.29, 1.82) is 0 Å². The van der Waals surface area contributed by atoms with Crippen LogP contribution >= 0.6 is 11.6 Å². The van der Waals surface area contributed by atoms with Crippen molar-refractivity contribution in [2.75, 3.05) is 0 Å². The summed E-state index contributed by atoms with van der Waals surface area (Å²) in [6.45, 7) is 5.90. The van der Waals surface area contributed by atoms with Gasteiger partial charge in [-0.25, -0.2) is 0 Å². The van der Waals surface area contributed by atoms with E-state index in [0.717, 1.165) is 12.8 Å². The van der Waals surface area contributed by atoms with Crippen LogP contribution in [0.3, 0.4) is 0 Å². The van der Waals surface area contributed by atoms with Gasteiger partial charge >= 0.3 is 0 Å². The van der Waals surface area contributed by atoms with Crippen molar-refractivity contribution in [3.05, 3.63) is 12.2 Å². The first kappa shape index (κ1) is 16.7. The summed E-state index contributed by atoms with van der Waals surface area (Å²) in [4.78, 5) is 10.7. The summed E-state index contributed by atoms with van der Waals surface area (Å²) in [6.07, 6.45) is 13.8. The summed E-state index contributed by atoms with van der Waals surface area (Å²) in [7, 11) is 0. The van der Waals surface area contributed by atoms with Gasteiger partial charge in [0.1, 0.15) is 0 Å². The molecule has 0 N–H and O–H groups in total. The number of unbranched alkanes of at least 4 members (excludes halogenated alkanes) is 9. The Kier molecular flexibility index (Phi) is 12.0. The summed E-state index contributed by atoms with van der Waals surface area (Å²) in [6, 6.07) is 0. The standard InChI is InChI=1S/C15H27ClO/c1-3-4-5-6-7-8-9-10-11-12-13-14(2)15(16)17/h2-13H2,1H3. The van der Waals surface area contributed by atoms with E-state index in [9.17, 15) is 4.79 Å². The summed E-state index contributed by atoms with van der Waals surface area (Å²) in [5.74, 6) is 0. The lowest BCUT2D eigenvalue weighted by atomic mass is 10.0. The minimum atomic E-state index is -0.374. The molecule has 0 aromatic carbocycles. The predicted molar refractivity (Wildman–Crippen MR) is 76.5 cm³/mol. The third-order valence-corrected chi connectivity index (χ3v) is 3.38. The number of allylic oxidation sites excluding steroid dienone is 1. The molecule has 1 nitrogen and oxygen atoms in total. The van der Waals surface area contributed by atoms with Crippen LogP contribution in [0, 0.1) is 0 Å². The molecule has 0 radical (unpaired) electrons. The Morgan fingerprint density at radius 3 is 1.71 bits per heavy atom. The molecule has 0 aromatic rings. The van der Waals surface area contributed by atoms with Crippen LogP contribution < -0.4 is 0 Å². The quantitative estimate of drug-likeness (QED) is 0.252. The Labute approximate surface area is 112 Å². The van der Waals surface area contributed by atoms with Gasteiger partial charge in [0.05, 0.1) is 0 Å². The van der Waals surface area contributed by atoms with E-state index in [-0.39, 0.29) is 5.24 Å². The molecular weight excluding hydrogens is 232 g/mol. The summed E-state index contributed by atoms with van der Waals surface area (Å²) >= 11 is 5.31. The third kappa shape index (κ3) is 12.0. The third-order valence-electron chi connectivity index (χ3n) is 3.11. The van der Waals surface area contributed by atoms with Crippen LogP contribution in [-0.2, 0) is 4.79 Å². The molecule has 0 aromatic heterocycles. The van der Waals surface area contributed by atoms with Gasteiger partial charge in [-0.05, 0) is 24.4 Å². The first-order chi connectivity index (χ1) is 8.18. The van der Waals surface area contributed by atoms with Crippen molar-refractivity contribution in [3.63, 3.8) is 0 Å². The molecule has 0 amide bonds. The smallest absolute Gasteiger partial charge is 0.247 e. The highest BCUT2D eigenvalue weighted by atomic mass is 35.5. The fraction of sp³-hybridized carbons (Fsp3) is 0.800. The Bertz CT molecular complexity index is 211. The molecule has 17 heavy (non-hydrogen) atoms. The molecule has 0 heterocycles. The maximum absolute atomic E-state index is 10.7. The lowest BCUT2D eigenvalue weighted by Crippen LogP contribution is -1.91. The predicted octanol–water partition coefficient (Wildman–Crippen LogP) is 5.62. The van der Waals surface area contributed by atoms with Crippen molar-refractivity contribution in [2.24, 2.45) is 0 Å². The molecule has 0 aliphatic heterocycles. The lowest BCUT2D eigenvalue weighted by molar-refractivity contribution is -0.108. The number of hydrogen-bond acceptors (Lipinski definition) is 1. The molecule has 0 rings (SSSR count). The minimum Gasteiger partial charge on any atom is -0.276 e. The zero-order chi connectivity index (χ0) is 12.9. The molecule has 0 unspecified atom stereocenters. The van der Waals surface area contributed by atoms with Crippen LogP contribution in [-0.4, -0.2) is 5.24 Å². The normalized spacial score (nSPS) is 10.5. The zero-order valence-electron chi connectivity index (χ0n) is 11.3. The highest BCUT2D eigenvalue weighted by molar-refractivity contribution is 6.67. The van der Waals surface area contributed by atoms with Crippen LogP contribution in [0.25, 0.3) is 0 Å². The Morgan fingerprint density at radius 2 is 1.29 bits per heavy atom. The molecule has 2 heteroatoms. The van der Waals surface area contributed by atoms with Gasteiger partial charge in [0.25, 0.3) is 0 Å². The lowest BCUT2D eigenvalue weighted by Gasteiger charge is -2.02. The average Bonchev–Trinajstić information content (AvgIpc) is 2.31. The average molecular weight is 259 g/mol. The van der Waals surface area contributed by atoms with Gasteiger partial charge in [0.15, 0.2) is 0 Å². The van der Waals surface area contributed by atoms with Crippen molar-refractivity contribution in [3.8, 4) is 0 Å². The van der Waals surface area contributed by atoms with Crippen LogP contribution in [0.5, 0.6) is 0 Å². The van der Waals surface area contributed by atoms with Gasteiger partial charge < -0.3 is 0 Å². The Hall–Kier alpha value is -0.300. The van der Waals surface area contributed by atoms with E-state index >= 15 is 0 Å². The largest absolute Gasteiger partial charge is 0.276 e. The van der Waals surface area contributed by atoms with Crippen LogP contribution in [0.1, 0.15) is 77.6 Å². The molecule has 0 spiro atoms. The Balaban J connectivity index is 3.08. The van der Waals surface area contributed by atoms with Crippen LogP contribution in [0.4, 0.5) is 0 Å². The molecule has 0 bridgehead atoms. The van der Waals surface area contributed by atoms with Crippen molar-refractivity contribution >= 4 is 16.8 Å². The van der Waals surface area contributed by atoms with Crippen LogP contribution in [0.2, 0.25) is 0 Å². The van der Waals surface area contributed by atoms with Crippen molar-refractivity contribution in [2.45, 2.75) is 77.6 Å². The van der Waals surface area contributed by atoms with E-state index in [0.29, 0.717) is 5.57 Å². The fourth-order valence-corrected chi connectivity index (χ4v) is 2.02. The Morgan fingerprint density at radius 1 is 0.882 bits per heavy atom. The van der Waals surface area contributed by atoms with E-state index in [1.54, 1.807) is 0 Å². The second-order valence-electron chi connectivity index (χ2n) is 4.81. The maximum atomic E-state index is 10.7. The summed E-state index contributed by atoms with van der Waals surface area (Å²) in [5.41, 5.74) is 0.561. The van der Waals surface area contributed by atoms with Gasteiger partial charge in [-0.15, -0.1) is 0 Å². The van der Waals surface area contributed by atoms with Gasteiger partial charge in [0, 0.05) is 5.57 Å². The molecule has 0 aliphatic rings. The number of carbonyl (C=O) groups excluding carboxylic acids is 1. The fourth-order valence-electron chi connectivity index (χ4n) is 1.92. The summed E-state index contributed by atoms with van der Waals surface area (Å²) in [5, 5.41) is -0.374. The highest BCUT2D eigenvalue weighted by Gasteiger charge is 2.01. The number of carbonyl (C=O) groups is 1. The van der Waals surface area contributed by atoms with Gasteiger partial charge in [-0.3, -0.25) is 4.79 Å². The van der Waals surface area contributed by atoms with Gasteiger partial charge in [-0.2, -0.15) is 0 Å². The molecule has 0 aliphatic carbocycles. The van der Waals surface area contributed by atoms with Crippen LogP contribution in [0.15, 0.2) is 12.2 Å². The number of halogens is 1. The van der Waals surface area contributed by atoms with E-state index in [1.807, 2.05) is 0 Å². The molecule has 100 valence electrons. The van der Waals surface area contributed by atoms with E-state index in [1.165, 1.54) is 57.8 Å². The van der Waals surface area contributed by atoms with E-state index < -0.39 is 0 Å². The molecule has 0 atom stereocenters. The number of hydrogen-bond donors (Lipinski definition) is 0. The highest BCUT2D eigenvalue weighted by Crippen LogP contribution is 2.13. The van der Waals surface area contributed by atoms with E-state index in [4.69, 9.17) is 11.6 Å².